The van der Waals surface area contributed by atoms with Gasteiger partial charge >= 0.3 is 0 Å². The highest BCUT2D eigenvalue weighted by molar-refractivity contribution is 5.36. The number of hydrogen-bond acceptors (Lipinski definition) is 2. The summed E-state index contributed by atoms with van der Waals surface area (Å²) in [6.45, 7) is 0. The summed E-state index contributed by atoms with van der Waals surface area (Å²) in [4.78, 5) is 0. The van der Waals surface area contributed by atoms with Crippen molar-refractivity contribution in [2.24, 2.45) is 0 Å². The number of hydrogen-bond donors (Lipinski definition) is 1. The SMILES string of the molecule is N#Cc1cccc(C2(O)CCC2)c1. The lowest BCUT2D eigenvalue weighted by atomic mass is 9.75. The van der Waals surface area contributed by atoms with Gasteiger partial charge in [0.1, 0.15) is 0 Å². The van der Waals surface area contributed by atoms with Crippen molar-refractivity contribution in [3.8, 4) is 6.07 Å². The van der Waals surface area contributed by atoms with Gasteiger partial charge in [-0.1, -0.05) is 12.1 Å². The van der Waals surface area contributed by atoms with E-state index in [1.54, 1.807) is 12.1 Å². The van der Waals surface area contributed by atoms with E-state index in [1.807, 2.05) is 12.1 Å². The van der Waals surface area contributed by atoms with E-state index in [-0.39, 0.29) is 0 Å². The molecule has 0 aromatic heterocycles. The van der Waals surface area contributed by atoms with Crippen LogP contribution in [0.2, 0.25) is 0 Å². The summed E-state index contributed by atoms with van der Waals surface area (Å²) in [6.07, 6.45) is 2.72. The van der Waals surface area contributed by atoms with Crippen LogP contribution in [0.4, 0.5) is 0 Å². The van der Waals surface area contributed by atoms with Crippen molar-refractivity contribution in [2.45, 2.75) is 24.9 Å². The Morgan fingerprint density at radius 1 is 1.38 bits per heavy atom. The molecule has 0 saturated heterocycles. The Hall–Kier alpha value is -1.33. The zero-order chi connectivity index (χ0) is 9.31. The Labute approximate surface area is 77.4 Å². The van der Waals surface area contributed by atoms with Crippen LogP contribution in [0.1, 0.15) is 30.4 Å². The molecule has 66 valence electrons. The second kappa shape index (κ2) is 2.86. The molecule has 1 aliphatic carbocycles. The van der Waals surface area contributed by atoms with E-state index >= 15 is 0 Å². The molecule has 0 radical (unpaired) electrons. The number of benzene rings is 1. The first-order chi connectivity index (χ1) is 6.24. The molecule has 2 heteroatoms. The molecule has 1 fully saturated rings. The summed E-state index contributed by atoms with van der Waals surface area (Å²) < 4.78 is 0. The van der Waals surface area contributed by atoms with E-state index in [0.717, 1.165) is 24.8 Å². The van der Waals surface area contributed by atoms with Crippen LogP contribution in [0.15, 0.2) is 24.3 Å². The Bertz CT molecular complexity index is 361. The maximum Gasteiger partial charge on any atom is 0.0991 e. The summed E-state index contributed by atoms with van der Waals surface area (Å²) in [5.41, 5.74) is 0.864. The van der Waals surface area contributed by atoms with Crippen molar-refractivity contribution in [3.63, 3.8) is 0 Å². The first-order valence-electron chi connectivity index (χ1n) is 4.48. The first kappa shape index (κ1) is 8.28. The highest BCUT2D eigenvalue weighted by Gasteiger charge is 2.36. The fourth-order valence-corrected chi connectivity index (χ4v) is 1.68. The monoisotopic (exact) mass is 173 g/mol. The molecule has 0 aliphatic heterocycles. The highest BCUT2D eigenvalue weighted by Crippen LogP contribution is 2.40. The summed E-state index contributed by atoms with van der Waals surface area (Å²) in [5.74, 6) is 0. The van der Waals surface area contributed by atoms with Crippen molar-refractivity contribution >= 4 is 0 Å². The van der Waals surface area contributed by atoms with Crippen LogP contribution in [0.25, 0.3) is 0 Å². The maximum atomic E-state index is 9.99. The predicted molar refractivity (Wildman–Crippen MR) is 48.9 cm³/mol. The van der Waals surface area contributed by atoms with Gasteiger partial charge < -0.3 is 5.11 Å². The predicted octanol–water partition coefficient (Wildman–Crippen LogP) is 1.93. The van der Waals surface area contributed by atoms with E-state index in [1.165, 1.54) is 0 Å². The summed E-state index contributed by atoms with van der Waals surface area (Å²) in [6, 6.07) is 9.32. The van der Waals surface area contributed by atoms with Gasteiger partial charge in [0.2, 0.25) is 0 Å². The molecule has 0 bridgehead atoms. The third-order valence-electron chi connectivity index (χ3n) is 2.71. The molecule has 1 saturated carbocycles. The van der Waals surface area contributed by atoms with Gasteiger partial charge in [0, 0.05) is 0 Å². The third kappa shape index (κ3) is 1.32. The molecule has 0 unspecified atom stereocenters. The summed E-state index contributed by atoms with van der Waals surface area (Å²) in [5, 5.41) is 18.7. The number of nitrogens with zero attached hydrogens (tertiary/aromatic N) is 1. The van der Waals surface area contributed by atoms with Crippen LogP contribution in [-0.4, -0.2) is 5.11 Å². The van der Waals surface area contributed by atoms with Gasteiger partial charge in [-0.05, 0) is 37.0 Å². The molecule has 1 aromatic rings. The lowest BCUT2D eigenvalue weighted by Gasteiger charge is -2.37. The van der Waals surface area contributed by atoms with Crippen molar-refractivity contribution < 1.29 is 5.11 Å². The second-order valence-corrected chi connectivity index (χ2v) is 3.58. The molecule has 1 aliphatic rings. The third-order valence-corrected chi connectivity index (χ3v) is 2.71. The van der Waals surface area contributed by atoms with Gasteiger partial charge in [0.05, 0.1) is 17.2 Å². The van der Waals surface area contributed by atoms with Gasteiger partial charge in [-0.25, -0.2) is 0 Å². The van der Waals surface area contributed by atoms with Crippen molar-refractivity contribution in [2.75, 3.05) is 0 Å². The maximum absolute atomic E-state index is 9.99. The molecule has 1 N–H and O–H groups in total. The second-order valence-electron chi connectivity index (χ2n) is 3.58. The lowest BCUT2D eigenvalue weighted by Crippen LogP contribution is -2.33. The minimum atomic E-state index is -0.646. The van der Waals surface area contributed by atoms with Crippen LogP contribution in [-0.2, 0) is 5.60 Å². The normalized spacial score (nSPS) is 18.8. The van der Waals surface area contributed by atoms with Crippen LogP contribution >= 0.6 is 0 Å². The number of aliphatic hydroxyl groups is 1. The largest absolute Gasteiger partial charge is 0.385 e. The summed E-state index contributed by atoms with van der Waals surface area (Å²) >= 11 is 0. The average Bonchev–Trinajstić information content (AvgIpc) is 2.14. The van der Waals surface area contributed by atoms with Crippen molar-refractivity contribution in [1.82, 2.24) is 0 Å². The molecule has 0 spiro atoms. The zero-order valence-corrected chi connectivity index (χ0v) is 7.33. The standard InChI is InChI=1S/C11H11NO/c12-8-9-3-1-4-10(7-9)11(13)5-2-6-11/h1,3-4,7,13H,2,5-6H2. The minimum absolute atomic E-state index is 0.623. The van der Waals surface area contributed by atoms with Crippen molar-refractivity contribution in [1.29, 1.82) is 5.26 Å². The smallest absolute Gasteiger partial charge is 0.0991 e. The van der Waals surface area contributed by atoms with Gasteiger partial charge in [-0.2, -0.15) is 5.26 Å². The van der Waals surface area contributed by atoms with E-state index in [2.05, 4.69) is 6.07 Å². The fourth-order valence-electron chi connectivity index (χ4n) is 1.68. The topological polar surface area (TPSA) is 44.0 Å². The average molecular weight is 173 g/mol. The van der Waals surface area contributed by atoms with E-state index < -0.39 is 5.60 Å². The van der Waals surface area contributed by atoms with Crippen LogP contribution in [0, 0.1) is 11.3 Å². The number of nitriles is 1. The van der Waals surface area contributed by atoms with Crippen LogP contribution in [0.3, 0.4) is 0 Å². The van der Waals surface area contributed by atoms with E-state index in [0.29, 0.717) is 5.56 Å². The van der Waals surface area contributed by atoms with E-state index in [9.17, 15) is 5.11 Å². The summed E-state index contributed by atoms with van der Waals surface area (Å²) in [7, 11) is 0. The zero-order valence-electron chi connectivity index (χ0n) is 7.33. The molecule has 0 atom stereocenters. The van der Waals surface area contributed by atoms with E-state index in [4.69, 9.17) is 5.26 Å². The highest BCUT2D eigenvalue weighted by atomic mass is 16.3. The van der Waals surface area contributed by atoms with Gasteiger partial charge in [0.25, 0.3) is 0 Å². The van der Waals surface area contributed by atoms with Crippen LogP contribution < -0.4 is 0 Å². The van der Waals surface area contributed by atoms with Gasteiger partial charge in [-0.3, -0.25) is 0 Å². The Morgan fingerprint density at radius 2 is 2.15 bits per heavy atom. The fraction of sp³-hybridized carbons (Fsp3) is 0.364. The molecular formula is C11H11NO. The molecule has 0 heterocycles. The Kier molecular flexibility index (Phi) is 1.82. The van der Waals surface area contributed by atoms with Crippen molar-refractivity contribution in [3.05, 3.63) is 35.4 Å². The molecule has 1 aromatic carbocycles. The number of rotatable bonds is 1. The molecular weight excluding hydrogens is 162 g/mol. The quantitative estimate of drug-likeness (QED) is 0.705. The van der Waals surface area contributed by atoms with Crippen LogP contribution in [0.5, 0.6) is 0 Å². The Morgan fingerprint density at radius 3 is 2.69 bits per heavy atom. The minimum Gasteiger partial charge on any atom is -0.385 e. The molecule has 2 nitrogen and oxygen atoms in total. The lowest BCUT2D eigenvalue weighted by molar-refractivity contribution is -0.0388. The molecule has 0 amide bonds. The molecule has 13 heavy (non-hydrogen) atoms. The molecule has 2 rings (SSSR count). The first-order valence-corrected chi connectivity index (χ1v) is 4.48. The Balaban J connectivity index is 2.36. The van der Waals surface area contributed by atoms with Gasteiger partial charge in [0.15, 0.2) is 0 Å². The van der Waals surface area contributed by atoms with Gasteiger partial charge in [-0.15, -0.1) is 0 Å².